The van der Waals surface area contributed by atoms with Crippen molar-refractivity contribution in [2.24, 2.45) is 0 Å². The first-order valence-corrected chi connectivity index (χ1v) is 6.22. The average Bonchev–Trinajstić information content (AvgIpc) is 2.73. The molecule has 0 saturated carbocycles. The monoisotopic (exact) mass is 285 g/mol. The molecule has 2 aromatic heterocycles. The predicted molar refractivity (Wildman–Crippen MR) is 64.3 cm³/mol. The molecule has 0 atom stereocenters. The minimum absolute atomic E-state index is 0.258. The molecule has 1 N–H and O–H groups in total. The summed E-state index contributed by atoms with van der Waals surface area (Å²) in [6.45, 7) is -0.258. The number of aliphatic carboxylic acids is 1. The minimum Gasteiger partial charge on any atom is -0.480 e. The summed E-state index contributed by atoms with van der Waals surface area (Å²) in [4.78, 5) is 14.5. The molecule has 0 amide bonds. The normalized spacial score (nSPS) is 10.5. The van der Waals surface area contributed by atoms with E-state index in [9.17, 15) is 4.79 Å². The van der Waals surface area contributed by atoms with Gasteiger partial charge in [0.05, 0.1) is 0 Å². The largest absolute Gasteiger partial charge is 0.480 e. The van der Waals surface area contributed by atoms with Gasteiger partial charge in [0.15, 0.2) is 0 Å². The molecule has 0 radical (unpaired) electrons. The van der Waals surface area contributed by atoms with Gasteiger partial charge in [0.1, 0.15) is 11.7 Å². The molecule has 0 aromatic carbocycles. The maximum Gasteiger partial charge on any atom is 0.325 e. The number of tetrazole rings is 1. The van der Waals surface area contributed by atoms with E-state index < -0.39 is 5.97 Å². The van der Waals surface area contributed by atoms with Crippen LogP contribution in [0, 0.1) is 0 Å². The first kappa shape index (κ1) is 12.8. The van der Waals surface area contributed by atoms with Crippen molar-refractivity contribution in [1.29, 1.82) is 0 Å². The number of carboxylic acids is 1. The summed E-state index contributed by atoms with van der Waals surface area (Å²) in [6, 6.07) is 3.56. The zero-order valence-corrected chi connectivity index (χ0v) is 10.6. The van der Waals surface area contributed by atoms with Gasteiger partial charge in [0, 0.05) is 11.9 Å². The molecule has 0 aliphatic rings. The number of pyridine rings is 1. The van der Waals surface area contributed by atoms with E-state index in [0.29, 0.717) is 16.1 Å². The average molecular weight is 286 g/mol. The number of aromatic nitrogens is 5. The lowest BCUT2D eigenvalue weighted by Crippen LogP contribution is -2.11. The number of hydrogen-bond donors (Lipinski definition) is 1. The van der Waals surface area contributed by atoms with Crippen LogP contribution in [0.4, 0.5) is 0 Å². The molecule has 0 fully saturated rings. The maximum absolute atomic E-state index is 10.6. The Balaban J connectivity index is 2.02. The second-order valence-electron chi connectivity index (χ2n) is 3.29. The number of carboxylic acid groups (broad SMARTS) is 1. The summed E-state index contributed by atoms with van der Waals surface area (Å²) in [5, 5.41) is 20.4. The van der Waals surface area contributed by atoms with Crippen LogP contribution in [0.2, 0.25) is 5.15 Å². The number of nitrogens with zero attached hydrogens (tertiary/aromatic N) is 5. The molecule has 9 heteroatoms. The van der Waals surface area contributed by atoms with Crippen molar-refractivity contribution >= 4 is 29.3 Å². The summed E-state index contributed by atoms with van der Waals surface area (Å²) >= 11 is 7.10. The highest BCUT2D eigenvalue weighted by atomic mass is 35.5. The molecule has 2 aromatic rings. The van der Waals surface area contributed by atoms with E-state index in [4.69, 9.17) is 16.7 Å². The van der Waals surface area contributed by atoms with E-state index in [2.05, 4.69) is 20.5 Å². The highest BCUT2D eigenvalue weighted by Crippen LogP contribution is 2.20. The van der Waals surface area contributed by atoms with Gasteiger partial charge in [-0.15, -0.1) is 5.10 Å². The van der Waals surface area contributed by atoms with Gasteiger partial charge in [-0.25, -0.2) is 9.67 Å². The number of halogens is 1. The quantitative estimate of drug-likeness (QED) is 0.649. The minimum atomic E-state index is -0.990. The molecular formula is C9H8ClN5O2S. The van der Waals surface area contributed by atoms with E-state index in [0.717, 1.165) is 5.56 Å². The number of rotatable bonds is 5. The fraction of sp³-hybridized carbons (Fsp3) is 0.222. The zero-order chi connectivity index (χ0) is 13.0. The van der Waals surface area contributed by atoms with Crippen LogP contribution in [-0.4, -0.2) is 36.3 Å². The van der Waals surface area contributed by atoms with E-state index in [1.807, 2.05) is 6.07 Å². The molecule has 0 spiro atoms. The first-order chi connectivity index (χ1) is 8.65. The molecule has 2 heterocycles. The van der Waals surface area contributed by atoms with Crippen LogP contribution in [-0.2, 0) is 17.1 Å². The maximum atomic E-state index is 10.6. The Kier molecular flexibility index (Phi) is 4.11. The van der Waals surface area contributed by atoms with E-state index in [1.165, 1.54) is 16.4 Å². The van der Waals surface area contributed by atoms with Crippen molar-refractivity contribution in [2.45, 2.75) is 17.5 Å². The topological polar surface area (TPSA) is 93.8 Å². The lowest BCUT2D eigenvalue weighted by atomic mass is 10.3. The number of carbonyl (C=O) groups is 1. The van der Waals surface area contributed by atoms with Gasteiger partial charge in [-0.05, 0) is 28.1 Å². The van der Waals surface area contributed by atoms with Gasteiger partial charge in [0.25, 0.3) is 0 Å². The van der Waals surface area contributed by atoms with Crippen LogP contribution < -0.4 is 0 Å². The first-order valence-electron chi connectivity index (χ1n) is 4.86. The van der Waals surface area contributed by atoms with E-state index >= 15 is 0 Å². The van der Waals surface area contributed by atoms with Crippen molar-refractivity contribution in [1.82, 2.24) is 25.2 Å². The molecular weight excluding hydrogens is 278 g/mol. The van der Waals surface area contributed by atoms with Gasteiger partial charge < -0.3 is 5.11 Å². The number of hydrogen-bond acceptors (Lipinski definition) is 6. The van der Waals surface area contributed by atoms with Crippen LogP contribution in [0.15, 0.2) is 23.5 Å². The van der Waals surface area contributed by atoms with Crippen molar-refractivity contribution in [3.05, 3.63) is 29.0 Å². The van der Waals surface area contributed by atoms with Crippen molar-refractivity contribution in [2.75, 3.05) is 0 Å². The van der Waals surface area contributed by atoms with Crippen LogP contribution in [0.3, 0.4) is 0 Å². The van der Waals surface area contributed by atoms with Gasteiger partial charge in [-0.1, -0.05) is 23.4 Å². The summed E-state index contributed by atoms with van der Waals surface area (Å²) < 4.78 is 1.23. The summed E-state index contributed by atoms with van der Waals surface area (Å²) in [5.41, 5.74) is 0.963. The summed E-state index contributed by atoms with van der Waals surface area (Å²) in [6.07, 6.45) is 1.61. The standard InChI is InChI=1S/C9H8ClN5O2S/c10-7-3-6(1-2-11-7)5-18-9-12-13-14-15(9)4-8(16)17/h1-3H,4-5H2,(H,16,17). The molecule has 0 aliphatic heterocycles. The van der Waals surface area contributed by atoms with Crippen molar-refractivity contribution < 1.29 is 9.90 Å². The lowest BCUT2D eigenvalue weighted by molar-refractivity contribution is -0.138. The molecule has 0 saturated heterocycles. The van der Waals surface area contributed by atoms with Crippen molar-refractivity contribution in [3.63, 3.8) is 0 Å². The highest BCUT2D eigenvalue weighted by molar-refractivity contribution is 7.98. The number of thioether (sulfide) groups is 1. The Morgan fingerprint density at radius 2 is 2.39 bits per heavy atom. The Labute approximate surface area is 111 Å². The van der Waals surface area contributed by atoms with Crippen LogP contribution in [0.5, 0.6) is 0 Å². The Bertz CT molecular complexity index is 561. The third kappa shape index (κ3) is 3.41. The molecule has 2 rings (SSSR count). The van der Waals surface area contributed by atoms with Crippen LogP contribution in [0.1, 0.15) is 5.56 Å². The Hall–Kier alpha value is -1.67. The molecule has 7 nitrogen and oxygen atoms in total. The smallest absolute Gasteiger partial charge is 0.325 e. The predicted octanol–water partition coefficient (Wildman–Crippen LogP) is 1.10. The SMILES string of the molecule is O=C(O)Cn1nnnc1SCc1ccnc(Cl)c1. The molecule has 0 bridgehead atoms. The molecule has 0 unspecified atom stereocenters. The highest BCUT2D eigenvalue weighted by Gasteiger charge is 2.10. The van der Waals surface area contributed by atoms with E-state index in [1.54, 1.807) is 12.3 Å². The summed E-state index contributed by atoms with van der Waals surface area (Å²) in [7, 11) is 0. The second kappa shape index (κ2) is 5.78. The molecule has 94 valence electrons. The Morgan fingerprint density at radius 3 is 3.11 bits per heavy atom. The fourth-order valence-corrected chi connectivity index (χ4v) is 2.22. The zero-order valence-electron chi connectivity index (χ0n) is 9.02. The van der Waals surface area contributed by atoms with Gasteiger partial charge in [-0.2, -0.15) is 0 Å². The fourth-order valence-electron chi connectivity index (χ4n) is 1.21. The van der Waals surface area contributed by atoms with E-state index in [-0.39, 0.29) is 6.54 Å². The lowest BCUT2D eigenvalue weighted by Gasteiger charge is -2.02. The van der Waals surface area contributed by atoms with Gasteiger partial charge in [-0.3, -0.25) is 4.79 Å². The Morgan fingerprint density at radius 1 is 1.56 bits per heavy atom. The molecule has 18 heavy (non-hydrogen) atoms. The summed E-state index contributed by atoms with van der Waals surface area (Å²) in [5.74, 6) is -0.404. The van der Waals surface area contributed by atoms with Gasteiger partial charge >= 0.3 is 5.97 Å². The second-order valence-corrected chi connectivity index (χ2v) is 4.62. The molecule has 0 aliphatic carbocycles. The third-order valence-corrected chi connectivity index (χ3v) is 3.18. The van der Waals surface area contributed by atoms with Crippen LogP contribution in [0.25, 0.3) is 0 Å². The van der Waals surface area contributed by atoms with Crippen molar-refractivity contribution in [3.8, 4) is 0 Å². The third-order valence-electron chi connectivity index (χ3n) is 1.94. The van der Waals surface area contributed by atoms with Gasteiger partial charge in [0.2, 0.25) is 5.16 Å². The van der Waals surface area contributed by atoms with Crippen LogP contribution >= 0.6 is 23.4 Å².